The van der Waals surface area contributed by atoms with Crippen molar-refractivity contribution in [2.24, 2.45) is 14.1 Å². The molecule has 3 heterocycles. The molecule has 1 aliphatic heterocycles. The van der Waals surface area contributed by atoms with Crippen LogP contribution in [-0.2, 0) is 20.6 Å². The number of hydrogen-bond acceptors (Lipinski definition) is 6. The molecule has 0 aliphatic carbocycles. The highest BCUT2D eigenvalue weighted by Crippen LogP contribution is 2.16. The molecule has 24 heavy (non-hydrogen) atoms. The van der Waals surface area contributed by atoms with E-state index in [-0.39, 0.29) is 17.3 Å². The summed E-state index contributed by atoms with van der Waals surface area (Å²) in [7, 11) is 3.17. The van der Waals surface area contributed by atoms with E-state index < -0.39 is 0 Å². The largest absolute Gasteiger partial charge is 0.354 e. The lowest BCUT2D eigenvalue weighted by Gasteiger charge is -2.33. The minimum atomic E-state index is -0.302. The molecule has 0 aromatic carbocycles. The SMILES string of the molecule is Cn1c(CN[C@@H]2CCCN(c3cccnn3)C2)cc(=O)n(C)c1=O. The van der Waals surface area contributed by atoms with E-state index in [4.69, 9.17) is 0 Å². The summed E-state index contributed by atoms with van der Waals surface area (Å²) in [6, 6.07) is 5.63. The number of rotatable bonds is 4. The highest BCUT2D eigenvalue weighted by atomic mass is 16.2. The van der Waals surface area contributed by atoms with Gasteiger partial charge in [0.15, 0.2) is 5.82 Å². The van der Waals surface area contributed by atoms with Crippen molar-refractivity contribution in [2.45, 2.75) is 25.4 Å². The van der Waals surface area contributed by atoms with Crippen molar-refractivity contribution in [1.29, 1.82) is 0 Å². The molecule has 0 radical (unpaired) electrons. The summed E-state index contributed by atoms with van der Waals surface area (Å²) in [4.78, 5) is 26.0. The van der Waals surface area contributed by atoms with Crippen molar-refractivity contribution < 1.29 is 0 Å². The topological polar surface area (TPSA) is 85.1 Å². The predicted molar refractivity (Wildman–Crippen MR) is 91.0 cm³/mol. The van der Waals surface area contributed by atoms with Crippen LogP contribution >= 0.6 is 0 Å². The van der Waals surface area contributed by atoms with Gasteiger partial charge in [-0.05, 0) is 25.0 Å². The summed E-state index contributed by atoms with van der Waals surface area (Å²) in [6.07, 6.45) is 3.78. The van der Waals surface area contributed by atoms with Crippen LogP contribution in [-0.4, -0.2) is 38.5 Å². The summed E-state index contributed by atoms with van der Waals surface area (Å²) in [6.45, 7) is 2.28. The van der Waals surface area contributed by atoms with E-state index >= 15 is 0 Å². The summed E-state index contributed by atoms with van der Waals surface area (Å²) in [5, 5.41) is 11.5. The highest BCUT2D eigenvalue weighted by molar-refractivity contribution is 5.37. The first-order valence-electron chi connectivity index (χ1n) is 8.08. The molecule has 128 valence electrons. The van der Waals surface area contributed by atoms with Crippen LogP contribution in [0, 0.1) is 0 Å². The van der Waals surface area contributed by atoms with Crippen LogP contribution in [0.4, 0.5) is 5.82 Å². The Labute approximate surface area is 139 Å². The first kappa shape index (κ1) is 16.4. The maximum atomic E-state index is 12.0. The minimum absolute atomic E-state index is 0.278. The molecule has 0 unspecified atom stereocenters. The van der Waals surface area contributed by atoms with Gasteiger partial charge in [-0.2, -0.15) is 5.10 Å². The van der Waals surface area contributed by atoms with Crippen LogP contribution in [0.15, 0.2) is 34.0 Å². The third-order valence-corrected chi connectivity index (χ3v) is 4.50. The molecule has 8 heteroatoms. The van der Waals surface area contributed by atoms with E-state index in [9.17, 15) is 9.59 Å². The Bertz CT molecular complexity index is 814. The van der Waals surface area contributed by atoms with Crippen LogP contribution in [0.1, 0.15) is 18.5 Å². The lowest BCUT2D eigenvalue weighted by Crippen LogP contribution is -2.47. The normalized spacial score (nSPS) is 17.9. The molecule has 2 aromatic heterocycles. The van der Waals surface area contributed by atoms with E-state index in [0.29, 0.717) is 12.2 Å². The van der Waals surface area contributed by atoms with Gasteiger partial charge in [-0.1, -0.05) is 0 Å². The second kappa shape index (κ2) is 6.96. The molecular formula is C16H22N6O2. The van der Waals surface area contributed by atoms with Gasteiger partial charge in [0.1, 0.15) is 0 Å². The minimum Gasteiger partial charge on any atom is -0.354 e. The van der Waals surface area contributed by atoms with Gasteiger partial charge in [0.25, 0.3) is 5.56 Å². The van der Waals surface area contributed by atoms with Gasteiger partial charge in [0, 0.05) is 57.7 Å². The second-order valence-electron chi connectivity index (χ2n) is 6.12. The molecular weight excluding hydrogens is 308 g/mol. The Morgan fingerprint density at radius 3 is 2.88 bits per heavy atom. The zero-order valence-electron chi connectivity index (χ0n) is 14.0. The molecule has 0 saturated carbocycles. The van der Waals surface area contributed by atoms with Gasteiger partial charge in [-0.25, -0.2) is 4.79 Å². The Kier molecular flexibility index (Phi) is 4.75. The van der Waals surface area contributed by atoms with Crippen molar-refractivity contribution >= 4 is 5.82 Å². The van der Waals surface area contributed by atoms with Gasteiger partial charge < -0.3 is 10.2 Å². The molecule has 0 bridgehead atoms. The van der Waals surface area contributed by atoms with Gasteiger partial charge >= 0.3 is 5.69 Å². The van der Waals surface area contributed by atoms with Crippen molar-refractivity contribution in [3.05, 3.63) is 50.9 Å². The van der Waals surface area contributed by atoms with Gasteiger partial charge in [-0.15, -0.1) is 5.10 Å². The van der Waals surface area contributed by atoms with E-state index in [1.165, 1.54) is 17.7 Å². The van der Waals surface area contributed by atoms with Crippen LogP contribution in [0.5, 0.6) is 0 Å². The number of nitrogens with zero attached hydrogens (tertiary/aromatic N) is 5. The molecule has 1 atom stereocenters. The molecule has 1 aliphatic rings. The van der Waals surface area contributed by atoms with Crippen molar-refractivity contribution in [2.75, 3.05) is 18.0 Å². The van der Waals surface area contributed by atoms with E-state index in [2.05, 4.69) is 20.4 Å². The lowest BCUT2D eigenvalue weighted by molar-refractivity contribution is 0.413. The molecule has 3 rings (SSSR count). The first-order chi connectivity index (χ1) is 11.6. The molecule has 1 fully saturated rings. The Hall–Kier alpha value is -2.48. The fraction of sp³-hybridized carbons (Fsp3) is 0.500. The van der Waals surface area contributed by atoms with Crippen molar-refractivity contribution in [3.8, 4) is 0 Å². The smallest absolute Gasteiger partial charge is 0.330 e. The highest BCUT2D eigenvalue weighted by Gasteiger charge is 2.21. The average molecular weight is 330 g/mol. The summed E-state index contributed by atoms with van der Waals surface area (Å²) in [5.41, 5.74) is 0.114. The van der Waals surface area contributed by atoms with E-state index in [1.54, 1.807) is 13.2 Å². The Balaban J connectivity index is 1.67. The predicted octanol–water partition coefficient (Wildman–Crippen LogP) is -0.367. The first-order valence-corrected chi connectivity index (χ1v) is 8.08. The summed E-state index contributed by atoms with van der Waals surface area (Å²) >= 11 is 0. The average Bonchev–Trinajstić information content (AvgIpc) is 2.63. The molecule has 0 spiro atoms. The summed E-state index contributed by atoms with van der Waals surface area (Å²) < 4.78 is 2.62. The zero-order chi connectivity index (χ0) is 17.1. The van der Waals surface area contributed by atoms with Crippen LogP contribution in [0.25, 0.3) is 0 Å². The number of piperidine rings is 1. The fourth-order valence-electron chi connectivity index (χ4n) is 3.01. The Morgan fingerprint density at radius 1 is 1.29 bits per heavy atom. The van der Waals surface area contributed by atoms with Crippen molar-refractivity contribution in [1.82, 2.24) is 24.6 Å². The van der Waals surface area contributed by atoms with Crippen LogP contribution in [0.3, 0.4) is 0 Å². The molecule has 2 aromatic rings. The number of anilines is 1. The van der Waals surface area contributed by atoms with Gasteiger partial charge in [-0.3, -0.25) is 13.9 Å². The van der Waals surface area contributed by atoms with Gasteiger partial charge in [0.05, 0.1) is 0 Å². The van der Waals surface area contributed by atoms with Crippen LogP contribution in [0.2, 0.25) is 0 Å². The van der Waals surface area contributed by atoms with Crippen LogP contribution < -0.4 is 21.5 Å². The maximum Gasteiger partial charge on any atom is 0.330 e. The second-order valence-corrected chi connectivity index (χ2v) is 6.12. The van der Waals surface area contributed by atoms with E-state index in [1.807, 2.05) is 12.1 Å². The monoisotopic (exact) mass is 330 g/mol. The quantitative estimate of drug-likeness (QED) is 0.823. The van der Waals surface area contributed by atoms with Crippen molar-refractivity contribution in [3.63, 3.8) is 0 Å². The zero-order valence-corrected chi connectivity index (χ0v) is 14.0. The third kappa shape index (κ3) is 3.38. The van der Waals surface area contributed by atoms with E-state index in [0.717, 1.165) is 36.3 Å². The molecule has 0 amide bonds. The number of aromatic nitrogens is 4. The lowest BCUT2D eigenvalue weighted by atomic mass is 10.1. The molecule has 1 saturated heterocycles. The van der Waals surface area contributed by atoms with Gasteiger partial charge in [0.2, 0.25) is 0 Å². The summed E-state index contributed by atoms with van der Waals surface area (Å²) in [5.74, 6) is 0.880. The fourth-order valence-corrected chi connectivity index (χ4v) is 3.01. The molecule has 1 N–H and O–H groups in total. The number of nitrogens with one attached hydrogen (secondary N) is 1. The standard InChI is InChI=1S/C16H22N6O2/c1-20-13(9-15(23)21(2)16(20)24)10-17-12-5-4-8-22(11-12)14-6-3-7-18-19-14/h3,6-7,9,12,17H,4-5,8,10-11H2,1-2H3/t12-/m1/s1. The Morgan fingerprint density at radius 2 is 2.12 bits per heavy atom. The molecule has 8 nitrogen and oxygen atoms in total. The maximum absolute atomic E-state index is 12.0. The number of hydrogen-bond donors (Lipinski definition) is 1. The third-order valence-electron chi connectivity index (χ3n) is 4.50.